The van der Waals surface area contributed by atoms with E-state index >= 15 is 0 Å². The molecule has 1 aliphatic heterocycles. The third kappa shape index (κ3) is 6.65. The molecule has 3 heterocycles. The first-order valence-corrected chi connectivity index (χ1v) is 13.5. The number of aromatic nitrogens is 4. The zero-order valence-corrected chi connectivity index (χ0v) is 22.2. The monoisotopic (exact) mass is 562 g/mol. The van der Waals surface area contributed by atoms with Crippen LogP contribution in [0.3, 0.4) is 0 Å². The number of hydrogen-bond donors (Lipinski definition) is 3. The number of carbonyl (C=O) groups excluding carboxylic acids is 1. The molecule has 0 radical (unpaired) electrons. The second-order valence-electron chi connectivity index (χ2n) is 10.3. The van der Waals surface area contributed by atoms with E-state index in [0.717, 1.165) is 61.9 Å². The molecule has 3 N–H and O–H groups in total. The van der Waals surface area contributed by atoms with Gasteiger partial charge in [-0.05, 0) is 60.9 Å². The molecular weight excluding hydrogens is 533 g/mol. The molecule has 0 unspecified atom stereocenters. The van der Waals surface area contributed by atoms with Crippen LogP contribution in [0.4, 0.5) is 36.4 Å². The van der Waals surface area contributed by atoms with Crippen LogP contribution >= 0.6 is 0 Å². The predicted molar refractivity (Wildman–Crippen MR) is 149 cm³/mol. The Morgan fingerprint density at radius 1 is 0.951 bits per heavy atom. The average Bonchev–Trinajstić information content (AvgIpc) is 3.73. The van der Waals surface area contributed by atoms with Gasteiger partial charge < -0.3 is 15.5 Å². The Balaban J connectivity index is 0.982. The van der Waals surface area contributed by atoms with Gasteiger partial charge in [-0.2, -0.15) is 23.3 Å². The topological polar surface area (TPSA) is 102 Å². The maximum absolute atomic E-state index is 12.8. The number of nitrogens with zero attached hydrogens (tertiary/aromatic N) is 5. The van der Waals surface area contributed by atoms with Crippen LogP contribution in [0.1, 0.15) is 45.9 Å². The Bertz CT molecular complexity index is 1490. The highest BCUT2D eigenvalue weighted by Gasteiger charge is 2.30. The molecule has 0 spiro atoms. The van der Waals surface area contributed by atoms with E-state index in [4.69, 9.17) is 0 Å². The minimum Gasteiger partial charge on any atom is -0.338 e. The fourth-order valence-electron chi connectivity index (χ4n) is 4.78. The van der Waals surface area contributed by atoms with Crippen molar-refractivity contribution in [3.63, 3.8) is 0 Å². The van der Waals surface area contributed by atoms with Crippen molar-refractivity contribution in [1.82, 2.24) is 25.1 Å². The van der Waals surface area contributed by atoms with E-state index in [1.165, 1.54) is 25.0 Å². The van der Waals surface area contributed by atoms with E-state index in [0.29, 0.717) is 23.4 Å². The zero-order chi connectivity index (χ0) is 28.4. The molecule has 1 amide bonds. The van der Waals surface area contributed by atoms with Crippen molar-refractivity contribution in [2.45, 2.75) is 31.5 Å². The zero-order valence-electron chi connectivity index (χ0n) is 22.2. The fourth-order valence-corrected chi connectivity index (χ4v) is 4.78. The molecule has 12 heteroatoms. The SMILES string of the molecule is O=C(Nc1ccc(CN2CCN(c3nccc(Nc4cc(C5CC5)[nH]n4)n3)CC2)cc1)c1ccc(C(F)(F)F)cc1. The van der Waals surface area contributed by atoms with Gasteiger partial charge in [0.2, 0.25) is 5.95 Å². The van der Waals surface area contributed by atoms with Gasteiger partial charge in [-0.15, -0.1) is 0 Å². The molecule has 1 saturated heterocycles. The van der Waals surface area contributed by atoms with Gasteiger partial charge in [0.1, 0.15) is 5.82 Å². The fraction of sp³-hybridized carbons (Fsp3) is 0.310. The molecule has 2 aromatic carbocycles. The van der Waals surface area contributed by atoms with Crippen molar-refractivity contribution in [2.24, 2.45) is 0 Å². The minimum atomic E-state index is -4.44. The van der Waals surface area contributed by atoms with Crippen LogP contribution in [0, 0.1) is 0 Å². The Hall–Kier alpha value is -4.45. The molecule has 0 bridgehead atoms. The summed E-state index contributed by atoms with van der Waals surface area (Å²) in [5.41, 5.74) is 2.21. The first-order chi connectivity index (χ1) is 19.8. The first kappa shape index (κ1) is 26.8. The van der Waals surface area contributed by atoms with Gasteiger partial charge in [-0.3, -0.25) is 14.8 Å². The molecule has 1 aliphatic carbocycles. The van der Waals surface area contributed by atoms with Crippen LogP contribution in [0.5, 0.6) is 0 Å². The van der Waals surface area contributed by atoms with Crippen molar-refractivity contribution in [3.05, 3.63) is 89.2 Å². The Morgan fingerprint density at radius 3 is 2.37 bits per heavy atom. The lowest BCUT2D eigenvalue weighted by molar-refractivity contribution is -0.137. The minimum absolute atomic E-state index is 0.161. The summed E-state index contributed by atoms with van der Waals surface area (Å²) in [5.74, 6) is 2.29. The molecular formula is C29H29F3N8O. The number of anilines is 4. The average molecular weight is 563 g/mol. The third-order valence-corrected chi connectivity index (χ3v) is 7.26. The highest BCUT2D eigenvalue weighted by molar-refractivity contribution is 6.04. The van der Waals surface area contributed by atoms with Gasteiger partial charge in [0.25, 0.3) is 5.91 Å². The first-order valence-electron chi connectivity index (χ1n) is 13.5. The van der Waals surface area contributed by atoms with E-state index in [2.05, 4.69) is 40.6 Å². The quantitative estimate of drug-likeness (QED) is 0.264. The molecule has 41 heavy (non-hydrogen) atoms. The van der Waals surface area contributed by atoms with Gasteiger partial charge in [-0.25, -0.2) is 4.98 Å². The summed E-state index contributed by atoms with van der Waals surface area (Å²) >= 11 is 0. The number of amides is 1. The molecule has 9 nitrogen and oxygen atoms in total. The molecule has 6 rings (SSSR count). The van der Waals surface area contributed by atoms with Crippen LogP contribution in [0.25, 0.3) is 0 Å². The summed E-state index contributed by atoms with van der Waals surface area (Å²) in [6.07, 6.45) is -0.259. The molecule has 212 valence electrons. The van der Waals surface area contributed by atoms with E-state index in [9.17, 15) is 18.0 Å². The number of carbonyl (C=O) groups is 1. The number of piperazine rings is 1. The van der Waals surface area contributed by atoms with Crippen LogP contribution in [-0.2, 0) is 12.7 Å². The number of nitrogens with one attached hydrogen (secondary N) is 3. The third-order valence-electron chi connectivity index (χ3n) is 7.26. The molecule has 0 atom stereocenters. The van der Waals surface area contributed by atoms with Gasteiger partial charge >= 0.3 is 6.18 Å². The number of H-pyrrole nitrogens is 1. The number of benzene rings is 2. The summed E-state index contributed by atoms with van der Waals surface area (Å²) in [5, 5.41) is 13.4. The summed E-state index contributed by atoms with van der Waals surface area (Å²) in [4.78, 5) is 26.1. The van der Waals surface area contributed by atoms with E-state index in [1.807, 2.05) is 24.3 Å². The number of aromatic amines is 1. The number of alkyl halides is 3. The second kappa shape index (κ2) is 11.2. The van der Waals surface area contributed by atoms with Crippen molar-refractivity contribution >= 4 is 29.2 Å². The highest BCUT2D eigenvalue weighted by Crippen LogP contribution is 2.39. The van der Waals surface area contributed by atoms with Crippen molar-refractivity contribution < 1.29 is 18.0 Å². The molecule has 2 fully saturated rings. The van der Waals surface area contributed by atoms with E-state index in [1.54, 1.807) is 18.3 Å². The van der Waals surface area contributed by atoms with Crippen LogP contribution in [-0.4, -0.2) is 57.2 Å². The van der Waals surface area contributed by atoms with Crippen LogP contribution < -0.4 is 15.5 Å². The maximum atomic E-state index is 12.8. The van der Waals surface area contributed by atoms with E-state index < -0.39 is 17.6 Å². The number of hydrogen-bond acceptors (Lipinski definition) is 7. The maximum Gasteiger partial charge on any atom is 0.416 e. The summed E-state index contributed by atoms with van der Waals surface area (Å²) < 4.78 is 38.3. The van der Waals surface area contributed by atoms with Gasteiger partial charge in [0.15, 0.2) is 5.82 Å². The molecule has 4 aromatic rings. The largest absolute Gasteiger partial charge is 0.416 e. The Morgan fingerprint density at radius 2 is 1.68 bits per heavy atom. The number of rotatable bonds is 8. The van der Waals surface area contributed by atoms with E-state index in [-0.39, 0.29) is 5.56 Å². The lowest BCUT2D eigenvalue weighted by atomic mass is 10.1. The van der Waals surface area contributed by atoms with Gasteiger partial charge in [0, 0.05) is 67.8 Å². The Labute approximate surface area is 234 Å². The molecule has 2 aromatic heterocycles. The summed E-state index contributed by atoms with van der Waals surface area (Å²) in [7, 11) is 0. The predicted octanol–water partition coefficient (Wildman–Crippen LogP) is 5.41. The summed E-state index contributed by atoms with van der Waals surface area (Å²) in [6, 6.07) is 15.5. The second-order valence-corrected chi connectivity index (χ2v) is 10.3. The van der Waals surface area contributed by atoms with Crippen LogP contribution in [0.2, 0.25) is 0 Å². The highest BCUT2D eigenvalue weighted by atomic mass is 19.4. The standard InChI is InChI=1S/C29H29F3N8O/c30-29(31,32)22-7-5-21(6-8-22)27(41)34-23-9-1-19(2-10-23)18-39-13-15-40(16-14-39)28-33-12-11-25(36-28)35-26-17-24(37-38-26)20-3-4-20/h1-2,5-12,17,20H,3-4,13-16,18H2,(H,34,41)(H2,33,35,36,37,38). The smallest absolute Gasteiger partial charge is 0.338 e. The summed E-state index contributed by atoms with van der Waals surface area (Å²) in [6.45, 7) is 4.03. The van der Waals surface area contributed by atoms with Crippen molar-refractivity contribution in [2.75, 3.05) is 41.7 Å². The normalized spacial score (nSPS) is 16.0. The number of halogens is 3. The lowest BCUT2D eigenvalue weighted by Crippen LogP contribution is -2.46. The van der Waals surface area contributed by atoms with Crippen LogP contribution in [0.15, 0.2) is 66.9 Å². The lowest BCUT2D eigenvalue weighted by Gasteiger charge is -2.34. The Kier molecular flexibility index (Phi) is 7.31. The molecule has 1 saturated carbocycles. The van der Waals surface area contributed by atoms with Crippen molar-refractivity contribution in [1.29, 1.82) is 0 Å². The van der Waals surface area contributed by atoms with Gasteiger partial charge in [-0.1, -0.05) is 12.1 Å². The molecule has 2 aliphatic rings. The van der Waals surface area contributed by atoms with Crippen molar-refractivity contribution in [3.8, 4) is 0 Å². The van der Waals surface area contributed by atoms with Gasteiger partial charge in [0.05, 0.1) is 5.56 Å².